The van der Waals surface area contributed by atoms with E-state index in [4.69, 9.17) is 0 Å². The van der Waals surface area contributed by atoms with Crippen molar-refractivity contribution in [3.8, 4) is 0 Å². The molecule has 1 fully saturated rings. The van der Waals surface area contributed by atoms with Crippen molar-refractivity contribution in [2.75, 3.05) is 25.0 Å². The van der Waals surface area contributed by atoms with Gasteiger partial charge in [0.2, 0.25) is 0 Å². The van der Waals surface area contributed by atoms with Crippen LogP contribution in [0.5, 0.6) is 0 Å². The van der Waals surface area contributed by atoms with E-state index in [-0.39, 0.29) is 11.5 Å². The average molecular weight is 429 g/mol. The number of nitrogens with zero attached hydrogens (tertiary/aromatic N) is 3. The van der Waals surface area contributed by atoms with Crippen molar-refractivity contribution in [3.05, 3.63) is 94.2 Å². The Balaban J connectivity index is 1.26. The van der Waals surface area contributed by atoms with Gasteiger partial charge in [0.15, 0.2) is 0 Å². The van der Waals surface area contributed by atoms with Gasteiger partial charge in [0.25, 0.3) is 11.5 Å². The molecule has 2 atom stereocenters. The molecule has 2 aliphatic rings. The van der Waals surface area contributed by atoms with Gasteiger partial charge in [0.1, 0.15) is 5.69 Å². The lowest BCUT2D eigenvalue weighted by Crippen LogP contribution is -2.47. The second kappa shape index (κ2) is 9.09. The Labute approximate surface area is 187 Å². The largest absolute Gasteiger partial charge is 0.317 e. The van der Waals surface area contributed by atoms with Gasteiger partial charge in [-0.3, -0.25) is 14.6 Å². The molecule has 6 heteroatoms. The molecule has 0 saturated carbocycles. The van der Waals surface area contributed by atoms with Crippen molar-refractivity contribution in [1.29, 1.82) is 0 Å². The van der Waals surface area contributed by atoms with Crippen molar-refractivity contribution in [3.63, 3.8) is 0 Å². The number of aromatic nitrogens is 2. The summed E-state index contributed by atoms with van der Waals surface area (Å²) >= 11 is 0. The number of anilines is 1. The van der Waals surface area contributed by atoms with E-state index in [0.29, 0.717) is 23.1 Å². The van der Waals surface area contributed by atoms with Crippen molar-refractivity contribution >= 4 is 11.6 Å². The second-order valence-electron chi connectivity index (χ2n) is 8.93. The Morgan fingerprint density at radius 1 is 1.00 bits per heavy atom. The number of carbonyl (C=O) groups excluding carboxylic acids is 1. The van der Waals surface area contributed by atoms with Gasteiger partial charge in [-0.2, -0.15) is 0 Å². The number of carbonyl (C=O) groups is 1. The van der Waals surface area contributed by atoms with Crippen LogP contribution in [-0.4, -0.2) is 40.0 Å². The molecular formula is C26H28N4O2. The first kappa shape index (κ1) is 20.6. The summed E-state index contributed by atoms with van der Waals surface area (Å²) < 4.78 is 1.89. The molecule has 4 heterocycles. The van der Waals surface area contributed by atoms with E-state index in [9.17, 15) is 9.59 Å². The second-order valence-corrected chi connectivity index (χ2v) is 8.93. The molecule has 1 amide bonds. The summed E-state index contributed by atoms with van der Waals surface area (Å²) in [5, 5.41) is 2.78. The summed E-state index contributed by atoms with van der Waals surface area (Å²) in [6, 6.07) is 17.7. The first-order valence-electron chi connectivity index (χ1n) is 11.4. The highest BCUT2D eigenvalue weighted by atomic mass is 16.2. The third-order valence-corrected chi connectivity index (χ3v) is 6.65. The van der Waals surface area contributed by atoms with Gasteiger partial charge in [0.05, 0.1) is 0 Å². The molecule has 1 saturated heterocycles. The van der Waals surface area contributed by atoms with E-state index in [1.807, 2.05) is 10.6 Å². The summed E-state index contributed by atoms with van der Waals surface area (Å²) in [6.07, 6.45) is 6.53. The first-order valence-corrected chi connectivity index (χ1v) is 11.4. The van der Waals surface area contributed by atoms with E-state index >= 15 is 0 Å². The fourth-order valence-electron chi connectivity index (χ4n) is 5.17. The summed E-state index contributed by atoms with van der Waals surface area (Å²) in [4.78, 5) is 32.1. The number of rotatable bonds is 6. The monoisotopic (exact) mass is 428 g/mol. The number of aryl methyl sites for hydroxylation is 1. The third kappa shape index (κ3) is 4.36. The van der Waals surface area contributed by atoms with Crippen molar-refractivity contribution in [2.45, 2.75) is 31.7 Å². The quantitative estimate of drug-likeness (QED) is 0.652. The third-order valence-electron chi connectivity index (χ3n) is 6.65. The molecular weight excluding hydrogens is 400 g/mol. The van der Waals surface area contributed by atoms with Crippen LogP contribution in [0, 0.1) is 5.92 Å². The highest BCUT2D eigenvalue weighted by molar-refractivity contribution is 6.04. The Morgan fingerprint density at radius 3 is 2.62 bits per heavy atom. The van der Waals surface area contributed by atoms with E-state index in [1.54, 1.807) is 30.6 Å². The average Bonchev–Trinajstić information content (AvgIpc) is 2.82. The predicted molar refractivity (Wildman–Crippen MR) is 125 cm³/mol. The highest BCUT2D eigenvalue weighted by Gasteiger charge is 2.34. The molecule has 2 aromatic heterocycles. The molecule has 164 valence electrons. The summed E-state index contributed by atoms with van der Waals surface area (Å²) in [5.41, 5.74) is 3.22. The normalized spacial score (nSPS) is 19.9. The minimum absolute atomic E-state index is 0.0999. The zero-order valence-corrected chi connectivity index (χ0v) is 18.1. The van der Waals surface area contributed by atoms with Crippen LogP contribution in [0.3, 0.4) is 0 Å². The molecule has 6 nitrogen and oxygen atoms in total. The van der Waals surface area contributed by atoms with Crippen LogP contribution in [0.2, 0.25) is 0 Å². The van der Waals surface area contributed by atoms with Crippen LogP contribution in [-0.2, 0) is 13.0 Å². The summed E-state index contributed by atoms with van der Waals surface area (Å²) in [7, 11) is 0. The number of likely N-dealkylation sites (tertiary alicyclic amines) is 1. The molecule has 0 spiro atoms. The molecule has 1 aromatic carbocycles. The Hall–Kier alpha value is -3.25. The standard InChI is InChI=1S/C26H28N4O2/c31-25(21-10-12-27-13-11-21)28-23-8-9-24-22-15-20(17-30(24)26(23)32)16-29(18-22)14-4-7-19-5-2-1-3-6-19/h1-3,5-6,8-13,20,22H,4,7,14-18H2,(H,28,31). The van der Waals surface area contributed by atoms with Crippen LogP contribution in [0.4, 0.5) is 5.69 Å². The lowest BCUT2D eigenvalue weighted by molar-refractivity contribution is 0.102. The molecule has 2 bridgehead atoms. The number of amides is 1. The zero-order valence-electron chi connectivity index (χ0n) is 18.1. The predicted octanol–water partition coefficient (Wildman–Crippen LogP) is 3.55. The van der Waals surface area contributed by atoms with E-state index in [2.05, 4.69) is 45.5 Å². The highest BCUT2D eigenvalue weighted by Crippen LogP contribution is 2.35. The van der Waals surface area contributed by atoms with Crippen molar-refractivity contribution in [1.82, 2.24) is 14.5 Å². The Kier molecular flexibility index (Phi) is 5.86. The molecule has 2 unspecified atom stereocenters. The first-order chi connectivity index (χ1) is 15.7. The van der Waals surface area contributed by atoms with Crippen molar-refractivity contribution in [2.24, 2.45) is 5.92 Å². The van der Waals surface area contributed by atoms with Gasteiger partial charge in [-0.1, -0.05) is 30.3 Å². The number of hydrogen-bond donors (Lipinski definition) is 1. The van der Waals surface area contributed by atoms with Gasteiger partial charge in [0, 0.05) is 49.2 Å². The van der Waals surface area contributed by atoms with Crippen LogP contribution >= 0.6 is 0 Å². The smallest absolute Gasteiger partial charge is 0.274 e. The van der Waals surface area contributed by atoms with E-state index in [1.165, 1.54) is 5.56 Å². The minimum atomic E-state index is -0.286. The number of hydrogen-bond acceptors (Lipinski definition) is 4. The lowest BCUT2D eigenvalue weighted by atomic mass is 9.83. The van der Waals surface area contributed by atoms with Gasteiger partial charge in [-0.25, -0.2) is 0 Å². The SMILES string of the molecule is O=C(Nc1ccc2n(c1=O)CC1CC2CN(CCCc2ccccc2)C1)c1ccncc1. The fraction of sp³-hybridized carbons (Fsp3) is 0.346. The number of fused-ring (bicyclic) bond motifs is 4. The minimum Gasteiger partial charge on any atom is -0.317 e. The van der Waals surface area contributed by atoms with Gasteiger partial charge < -0.3 is 14.8 Å². The molecule has 0 radical (unpaired) electrons. The lowest BCUT2D eigenvalue weighted by Gasteiger charge is -2.43. The van der Waals surface area contributed by atoms with Crippen LogP contribution < -0.4 is 10.9 Å². The molecule has 32 heavy (non-hydrogen) atoms. The molecule has 1 N–H and O–H groups in total. The van der Waals surface area contributed by atoms with Gasteiger partial charge >= 0.3 is 0 Å². The van der Waals surface area contributed by atoms with E-state index in [0.717, 1.165) is 51.1 Å². The summed E-state index contributed by atoms with van der Waals surface area (Å²) in [6.45, 7) is 3.84. The Bertz CT molecular complexity index is 1140. The molecule has 0 aliphatic carbocycles. The number of pyridine rings is 2. The number of nitrogens with one attached hydrogen (secondary N) is 1. The van der Waals surface area contributed by atoms with Crippen LogP contribution in [0.1, 0.15) is 40.4 Å². The maximum absolute atomic E-state index is 13.1. The number of piperidine rings is 1. The van der Waals surface area contributed by atoms with E-state index < -0.39 is 0 Å². The Morgan fingerprint density at radius 2 is 1.81 bits per heavy atom. The maximum atomic E-state index is 13.1. The summed E-state index contributed by atoms with van der Waals surface area (Å²) in [5.74, 6) is 0.560. The van der Waals surface area contributed by atoms with Crippen molar-refractivity contribution < 1.29 is 4.79 Å². The maximum Gasteiger partial charge on any atom is 0.274 e. The van der Waals surface area contributed by atoms with Crippen LogP contribution in [0.15, 0.2) is 71.8 Å². The van der Waals surface area contributed by atoms with Gasteiger partial charge in [-0.15, -0.1) is 0 Å². The van der Waals surface area contributed by atoms with Crippen LogP contribution in [0.25, 0.3) is 0 Å². The topological polar surface area (TPSA) is 67.2 Å². The molecule has 3 aromatic rings. The number of benzene rings is 1. The molecule has 5 rings (SSSR count). The fourth-order valence-corrected chi connectivity index (χ4v) is 5.17. The molecule has 2 aliphatic heterocycles. The van der Waals surface area contributed by atoms with Gasteiger partial charge in [-0.05, 0) is 61.6 Å². The zero-order chi connectivity index (χ0) is 21.9.